The molecule has 10 heteroatoms. The van der Waals surface area contributed by atoms with E-state index in [0.717, 1.165) is 11.3 Å². The zero-order chi connectivity index (χ0) is 19.9. The summed E-state index contributed by atoms with van der Waals surface area (Å²) in [6.07, 6.45) is -3.09. The van der Waals surface area contributed by atoms with Crippen molar-refractivity contribution in [3.8, 4) is 5.69 Å². The maximum atomic E-state index is 13.5. The first-order chi connectivity index (χ1) is 13.4. The predicted octanol–water partition coefficient (Wildman–Crippen LogP) is 4.57. The third kappa shape index (κ3) is 3.15. The summed E-state index contributed by atoms with van der Waals surface area (Å²) in [5.74, 6) is -0.0187. The number of rotatable bonds is 4. The second-order valence-corrected chi connectivity index (χ2v) is 6.94. The van der Waals surface area contributed by atoms with Crippen LogP contribution in [0.1, 0.15) is 22.3 Å². The van der Waals surface area contributed by atoms with Crippen LogP contribution in [0, 0.1) is 0 Å². The molecule has 0 radical (unpaired) electrons. The number of carbonyl (C=O) groups excluding carboxylic acids is 1. The summed E-state index contributed by atoms with van der Waals surface area (Å²) in [5.41, 5.74) is -0.527. The minimum Gasteiger partial charge on any atom is -0.306 e. The van der Waals surface area contributed by atoms with E-state index in [1.54, 1.807) is 47.3 Å². The summed E-state index contributed by atoms with van der Waals surface area (Å²) < 4.78 is 43.2. The van der Waals surface area contributed by atoms with Crippen molar-refractivity contribution in [1.29, 1.82) is 0 Å². The fourth-order valence-electron chi connectivity index (χ4n) is 2.84. The zero-order valence-corrected chi connectivity index (χ0v) is 15.4. The maximum absolute atomic E-state index is 13.5. The molecule has 0 aliphatic carbocycles. The number of hydrogen-bond acceptors (Lipinski definition) is 4. The minimum absolute atomic E-state index is 0.101. The molecule has 3 heterocycles. The molecule has 1 N–H and O–H groups in total. The molecule has 0 unspecified atom stereocenters. The normalized spacial score (nSPS) is 11.9. The molecule has 1 aromatic carbocycles. The van der Waals surface area contributed by atoms with Crippen LogP contribution in [-0.2, 0) is 12.7 Å². The van der Waals surface area contributed by atoms with Crippen LogP contribution in [0.5, 0.6) is 0 Å². The van der Waals surface area contributed by atoms with Crippen LogP contribution < -0.4 is 5.32 Å². The molecule has 3 aromatic heterocycles. The Labute approximate surface area is 161 Å². The molecule has 0 bridgehead atoms. The lowest BCUT2D eigenvalue weighted by atomic mass is 10.2. The number of aryl methyl sites for hydroxylation is 1. The molecule has 0 saturated carbocycles. The molecule has 6 nitrogen and oxygen atoms in total. The molecule has 1 amide bonds. The van der Waals surface area contributed by atoms with Crippen molar-refractivity contribution in [2.75, 3.05) is 5.32 Å². The van der Waals surface area contributed by atoms with E-state index in [1.807, 2.05) is 6.92 Å². The van der Waals surface area contributed by atoms with Crippen molar-refractivity contribution >= 4 is 33.3 Å². The Morgan fingerprint density at radius 2 is 1.96 bits per heavy atom. The number of anilines is 1. The Kier molecular flexibility index (Phi) is 4.42. The fraction of sp³-hybridized carbons (Fsp3) is 0.167. The molecule has 4 rings (SSSR count). The fourth-order valence-corrected chi connectivity index (χ4v) is 3.87. The third-order valence-electron chi connectivity index (χ3n) is 4.11. The van der Waals surface area contributed by atoms with Crippen LogP contribution in [-0.4, -0.2) is 25.5 Å². The first-order valence-electron chi connectivity index (χ1n) is 8.37. The van der Waals surface area contributed by atoms with Gasteiger partial charge in [0.05, 0.1) is 16.8 Å². The van der Waals surface area contributed by atoms with Gasteiger partial charge in [-0.2, -0.15) is 23.4 Å². The summed E-state index contributed by atoms with van der Waals surface area (Å²) in [6, 6.07) is 11.4. The monoisotopic (exact) mass is 405 g/mol. The highest BCUT2D eigenvalue weighted by atomic mass is 32.1. The molecular weight excluding hydrogens is 391 g/mol. The third-order valence-corrected chi connectivity index (χ3v) is 5.22. The van der Waals surface area contributed by atoms with E-state index in [4.69, 9.17) is 0 Å². The van der Waals surface area contributed by atoms with Crippen LogP contribution in [0.4, 0.5) is 19.0 Å². The minimum atomic E-state index is -4.63. The highest BCUT2D eigenvalue weighted by molar-refractivity contribution is 7.20. The van der Waals surface area contributed by atoms with Gasteiger partial charge < -0.3 is 5.32 Å². The van der Waals surface area contributed by atoms with Gasteiger partial charge in [0.15, 0.2) is 5.69 Å². The lowest BCUT2D eigenvalue weighted by Crippen LogP contribution is -2.14. The van der Waals surface area contributed by atoms with E-state index in [0.29, 0.717) is 18.1 Å². The maximum Gasteiger partial charge on any atom is 0.435 e. The summed E-state index contributed by atoms with van der Waals surface area (Å²) in [7, 11) is 0. The van der Waals surface area contributed by atoms with E-state index in [-0.39, 0.29) is 15.1 Å². The summed E-state index contributed by atoms with van der Waals surface area (Å²) in [5, 5.41) is 10.4. The Hall–Kier alpha value is -3.14. The second-order valence-electron chi connectivity index (χ2n) is 5.91. The molecule has 0 aliphatic rings. The molecule has 0 atom stereocenters. The number of carbonyl (C=O) groups is 1. The Balaban J connectivity index is 1.79. The average molecular weight is 405 g/mol. The Bertz CT molecular complexity index is 1140. The van der Waals surface area contributed by atoms with E-state index in [9.17, 15) is 18.0 Å². The molecule has 4 aromatic rings. The topological polar surface area (TPSA) is 64.7 Å². The van der Waals surface area contributed by atoms with Gasteiger partial charge in [0.25, 0.3) is 5.91 Å². The van der Waals surface area contributed by atoms with Crippen LogP contribution in [0.2, 0.25) is 0 Å². The van der Waals surface area contributed by atoms with Crippen LogP contribution >= 0.6 is 11.3 Å². The number of aromatic nitrogens is 4. The number of nitrogens with zero attached hydrogens (tertiary/aromatic N) is 4. The molecule has 144 valence electrons. The van der Waals surface area contributed by atoms with Crippen molar-refractivity contribution in [1.82, 2.24) is 19.6 Å². The van der Waals surface area contributed by atoms with E-state index < -0.39 is 17.8 Å². The number of fused-ring (bicyclic) bond motifs is 1. The van der Waals surface area contributed by atoms with Gasteiger partial charge in [0.2, 0.25) is 0 Å². The van der Waals surface area contributed by atoms with Gasteiger partial charge >= 0.3 is 6.18 Å². The molecule has 0 saturated heterocycles. The zero-order valence-electron chi connectivity index (χ0n) is 14.6. The number of thiophene rings is 1. The molecule has 0 spiro atoms. The Morgan fingerprint density at radius 1 is 1.21 bits per heavy atom. The average Bonchev–Trinajstić information content (AvgIpc) is 3.35. The van der Waals surface area contributed by atoms with E-state index in [1.165, 1.54) is 10.7 Å². The molecular formula is C18H14F3N5OS. The van der Waals surface area contributed by atoms with Crippen LogP contribution in [0.25, 0.3) is 15.9 Å². The van der Waals surface area contributed by atoms with Crippen molar-refractivity contribution in [3.63, 3.8) is 0 Å². The van der Waals surface area contributed by atoms with Crippen molar-refractivity contribution in [2.45, 2.75) is 19.6 Å². The van der Waals surface area contributed by atoms with Gasteiger partial charge in [-0.15, -0.1) is 11.3 Å². The number of para-hydroxylation sites is 1. The number of alkyl halides is 3. The first kappa shape index (κ1) is 18.2. The smallest absolute Gasteiger partial charge is 0.306 e. The molecule has 0 fully saturated rings. The highest BCUT2D eigenvalue weighted by Crippen LogP contribution is 2.39. The molecule has 0 aliphatic heterocycles. The van der Waals surface area contributed by atoms with Gasteiger partial charge in [-0.25, -0.2) is 9.36 Å². The largest absolute Gasteiger partial charge is 0.435 e. The second kappa shape index (κ2) is 6.79. The van der Waals surface area contributed by atoms with Crippen molar-refractivity contribution in [2.24, 2.45) is 0 Å². The van der Waals surface area contributed by atoms with Crippen molar-refractivity contribution < 1.29 is 18.0 Å². The standard InChI is InChI=1S/C18H14F3N5OS/c1-2-25-14(8-9-22-25)23-16(27)13-10-12-15(18(19,20)21)24-26(17(12)28-13)11-6-4-3-5-7-11/h3-10H,2H2,1H3,(H,23,27). The highest BCUT2D eigenvalue weighted by Gasteiger charge is 2.38. The number of benzene rings is 1. The quantitative estimate of drug-likeness (QED) is 0.541. The van der Waals surface area contributed by atoms with Gasteiger partial charge in [0, 0.05) is 18.0 Å². The molecule has 28 heavy (non-hydrogen) atoms. The number of halogens is 3. The summed E-state index contributed by atoms with van der Waals surface area (Å²) in [4.78, 5) is 13.0. The number of amides is 1. The lowest BCUT2D eigenvalue weighted by Gasteiger charge is -2.06. The number of hydrogen-bond donors (Lipinski definition) is 1. The lowest BCUT2D eigenvalue weighted by molar-refractivity contribution is -0.140. The van der Waals surface area contributed by atoms with Crippen LogP contribution in [0.15, 0.2) is 48.7 Å². The van der Waals surface area contributed by atoms with Gasteiger partial charge in [0.1, 0.15) is 10.6 Å². The van der Waals surface area contributed by atoms with Gasteiger partial charge in [-0.3, -0.25) is 4.79 Å². The first-order valence-corrected chi connectivity index (χ1v) is 9.18. The summed E-state index contributed by atoms with van der Waals surface area (Å²) >= 11 is 0.958. The summed E-state index contributed by atoms with van der Waals surface area (Å²) in [6.45, 7) is 2.42. The van der Waals surface area contributed by atoms with Gasteiger partial charge in [-0.1, -0.05) is 18.2 Å². The van der Waals surface area contributed by atoms with Gasteiger partial charge in [-0.05, 0) is 25.1 Å². The van der Waals surface area contributed by atoms with Crippen molar-refractivity contribution in [3.05, 3.63) is 59.2 Å². The Morgan fingerprint density at radius 3 is 2.64 bits per heavy atom. The van der Waals surface area contributed by atoms with E-state index >= 15 is 0 Å². The predicted molar refractivity (Wildman–Crippen MR) is 99.8 cm³/mol. The van der Waals surface area contributed by atoms with E-state index in [2.05, 4.69) is 15.5 Å². The van der Waals surface area contributed by atoms with Crippen LogP contribution in [0.3, 0.4) is 0 Å². The number of nitrogens with one attached hydrogen (secondary N) is 1. The SMILES string of the molecule is CCn1nccc1NC(=O)c1cc2c(C(F)(F)F)nn(-c3ccccc3)c2s1.